The van der Waals surface area contributed by atoms with Gasteiger partial charge in [-0.15, -0.1) is 0 Å². The number of nitrogens with zero attached hydrogens (tertiary/aromatic N) is 1. The highest BCUT2D eigenvalue weighted by Gasteiger charge is 2.11. The Morgan fingerprint density at radius 2 is 2.24 bits per heavy atom. The number of aryl methyl sites for hydroxylation is 1. The van der Waals surface area contributed by atoms with Gasteiger partial charge in [-0.05, 0) is 41.8 Å². The molecular formula is C13H11ClN2O. The highest BCUT2D eigenvalue weighted by Crippen LogP contribution is 2.28. The molecule has 0 radical (unpaired) electrons. The molecule has 0 bridgehead atoms. The van der Waals surface area contributed by atoms with E-state index in [2.05, 4.69) is 29.0 Å². The summed E-state index contributed by atoms with van der Waals surface area (Å²) in [6, 6.07) is 8.02. The third-order valence-electron chi connectivity index (χ3n) is 2.83. The molecule has 2 heterocycles. The molecule has 0 saturated heterocycles. The molecule has 86 valence electrons. The number of imidazole rings is 1. The third-order valence-corrected chi connectivity index (χ3v) is 3.12. The Hall–Kier alpha value is -1.74. The van der Waals surface area contributed by atoms with Gasteiger partial charge in [0.1, 0.15) is 5.82 Å². The number of hydrogen-bond donors (Lipinski definition) is 1. The van der Waals surface area contributed by atoms with Crippen molar-refractivity contribution < 1.29 is 4.42 Å². The van der Waals surface area contributed by atoms with Crippen LogP contribution >= 0.6 is 11.6 Å². The van der Waals surface area contributed by atoms with Crippen LogP contribution in [0.25, 0.3) is 22.4 Å². The molecule has 1 aromatic carbocycles. The smallest absolute Gasteiger partial charge is 0.203 e. The van der Waals surface area contributed by atoms with Crippen LogP contribution in [0.15, 0.2) is 34.9 Å². The summed E-state index contributed by atoms with van der Waals surface area (Å²) in [4.78, 5) is 7.75. The van der Waals surface area contributed by atoms with E-state index in [9.17, 15) is 0 Å². The molecule has 0 fully saturated rings. The third kappa shape index (κ3) is 1.72. The number of fused-ring (bicyclic) bond motifs is 1. The van der Waals surface area contributed by atoms with Crippen molar-refractivity contribution in [3.8, 4) is 11.4 Å². The number of H-pyrrole nitrogens is 1. The Labute approximate surface area is 103 Å². The summed E-state index contributed by atoms with van der Waals surface area (Å²) in [5.41, 5.74) is 4.04. The van der Waals surface area contributed by atoms with Gasteiger partial charge in [-0.1, -0.05) is 13.0 Å². The van der Waals surface area contributed by atoms with Crippen molar-refractivity contribution in [2.24, 2.45) is 0 Å². The summed E-state index contributed by atoms with van der Waals surface area (Å²) in [6.45, 7) is 2.13. The zero-order valence-electron chi connectivity index (χ0n) is 9.33. The van der Waals surface area contributed by atoms with Gasteiger partial charge >= 0.3 is 0 Å². The van der Waals surface area contributed by atoms with Gasteiger partial charge in [0, 0.05) is 0 Å². The summed E-state index contributed by atoms with van der Waals surface area (Å²) >= 11 is 5.93. The molecule has 3 rings (SSSR count). The molecule has 0 saturated carbocycles. The molecule has 2 aromatic heterocycles. The topological polar surface area (TPSA) is 41.8 Å². The monoisotopic (exact) mass is 246 g/mol. The second-order valence-corrected chi connectivity index (χ2v) is 4.24. The van der Waals surface area contributed by atoms with E-state index >= 15 is 0 Å². The molecule has 0 aliphatic heterocycles. The number of nitrogens with one attached hydrogen (secondary N) is 1. The van der Waals surface area contributed by atoms with Crippen LogP contribution in [-0.2, 0) is 6.42 Å². The molecule has 0 amide bonds. The Kier molecular flexibility index (Phi) is 2.41. The summed E-state index contributed by atoms with van der Waals surface area (Å²) in [5, 5.41) is 0.361. The Morgan fingerprint density at radius 1 is 1.35 bits per heavy atom. The van der Waals surface area contributed by atoms with Crippen molar-refractivity contribution in [1.82, 2.24) is 9.97 Å². The molecule has 0 atom stereocenters. The van der Waals surface area contributed by atoms with E-state index in [1.807, 2.05) is 6.07 Å². The van der Waals surface area contributed by atoms with Crippen molar-refractivity contribution in [3.05, 3.63) is 41.3 Å². The lowest BCUT2D eigenvalue weighted by Gasteiger charge is -1.93. The normalized spacial score (nSPS) is 11.2. The van der Waals surface area contributed by atoms with Gasteiger partial charge in [0.2, 0.25) is 5.22 Å². The fourth-order valence-corrected chi connectivity index (χ4v) is 2.07. The maximum Gasteiger partial charge on any atom is 0.203 e. The van der Waals surface area contributed by atoms with Gasteiger partial charge in [0.15, 0.2) is 0 Å². The van der Waals surface area contributed by atoms with Crippen LogP contribution in [-0.4, -0.2) is 9.97 Å². The largest absolute Gasteiger partial charge is 0.452 e. The van der Waals surface area contributed by atoms with Gasteiger partial charge in [-0.3, -0.25) is 0 Å². The number of aromatic amines is 1. The molecule has 4 heteroatoms. The van der Waals surface area contributed by atoms with E-state index in [4.69, 9.17) is 16.0 Å². The molecule has 0 aliphatic rings. The van der Waals surface area contributed by atoms with Gasteiger partial charge in [-0.25, -0.2) is 4.98 Å². The minimum Gasteiger partial charge on any atom is -0.452 e. The van der Waals surface area contributed by atoms with Crippen LogP contribution in [0.3, 0.4) is 0 Å². The van der Waals surface area contributed by atoms with Crippen LogP contribution in [0, 0.1) is 0 Å². The Morgan fingerprint density at radius 3 is 2.94 bits per heavy atom. The lowest BCUT2D eigenvalue weighted by atomic mass is 10.1. The highest BCUT2D eigenvalue weighted by molar-refractivity contribution is 6.31. The van der Waals surface area contributed by atoms with Crippen LogP contribution in [0.4, 0.5) is 0 Å². The lowest BCUT2D eigenvalue weighted by Crippen LogP contribution is -1.78. The van der Waals surface area contributed by atoms with Crippen molar-refractivity contribution in [1.29, 1.82) is 0 Å². The number of aromatic nitrogens is 2. The maximum absolute atomic E-state index is 5.93. The van der Waals surface area contributed by atoms with Gasteiger partial charge in [0.25, 0.3) is 0 Å². The van der Waals surface area contributed by atoms with E-state index in [0.29, 0.717) is 5.22 Å². The molecule has 1 N–H and O–H groups in total. The fourth-order valence-electron chi connectivity index (χ4n) is 1.87. The molecule has 0 aliphatic carbocycles. The van der Waals surface area contributed by atoms with Crippen molar-refractivity contribution in [2.45, 2.75) is 13.3 Å². The minimum absolute atomic E-state index is 0.361. The average Bonchev–Trinajstić information content (AvgIpc) is 2.93. The molecule has 0 unspecified atom stereocenters. The molecule has 3 nitrogen and oxygen atoms in total. The van der Waals surface area contributed by atoms with Crippen LogP contribution in [0.5, 0.6) is 0 Å². The first-order valence-corrected chi connectivity index (χ1v) is 5.87. The number of rotatable bonds is 2. The number of halogens is 1. The van der Waals surface area contributed by atoms with E-state index in [-0.39, 0.29) is 0 Å². The predicted octanol–water partition coefficient (Wildman–Crippen LogP) is 4.04. The highest BCUT2D eigenvalue weighted by atomic mass is 35.5. The predicted molar refractivity (Wildman–Crippen MR) is 68.2 cm³/mol. The second-order valence-electron chi connectivity index (χ2n) is 3.90. The van der Waals surface area contributed by atoms with Gasteiger partial charge in [0.05, 0.1) is 22.9 Å². The van der Waals surface area contributed by atoms with Crippen molar-refractivity contribution in [2.75, 3.05) is 0 Å². The molecule has 0 spiro atoms. The SMILES string of the molecule is CCc1ccc2nc(-c3ccoc3Cl)[nH]c2c1. The number of hydrogen-bond acceptors (Lipinski definition) is 2. The Balaban J connectivity index is 2.17. The quantitative estimate of drug-likeness (QED) is 0.742. The standard InChI is InChI=1S/C13H11ClN2O/c1-2-8-3-4-10-11(7-8)16-13(15-10)9-5-6-17-12(9)14/h3-7H,2H2,1H3,(H,15,16). The summed E-state index contributed by atoms with van der Waals surface area (Å²) in [7, 11) is 0. The minimum atomic E-state index is 0.361. The zero-order valence-corrected chi connectivity index (χ0v) is 10.1. The van der Waals surface area contributed by atoms with E-state index in [0.717, 1.165) is 28.8 Å². The summed E-state index contributed by atoms with van der Waals surface area (Å²) in [5.74, 6) is 0.743. The first kappa shape index (κ1) is 10.4. The van der Waals surface area contributed by atoms with Crippen LogP contribution < -0.4 is 0 Å². The van der Waals surface area contributed by atoms with E-state index in [1.54, 1.807) is 12.3 Å². The molecule has 3 aromatic rings. The van der Waals surface area contributed by atoms with Gasteiger partial charge < -0.3 is 9.40 Å². The summed E-state index contributed by atoms with van der Waals surface area (Å²) < 4.78 is 5.07. The average molecular weight is 247 g/mol. The fraction of sp³-hybridized carbons (Fsp3) is 0.154. The van der Waals surface area contributed by atoms with E-state index in [1.165, 1.54) is 5.56 Å². The Bertz CT molecular complexity index is 669. The maximum atomic E-state index is 5.93. The zero-order chi connectivity index (χ0) is 11.8. The van der Waals surface area contributed by atoms with Gasteiger partial charge in [-0.2, -0.15) is 0 Å². The first-order chi connectivity index (χ1) is 8.28. The molecular weight excluding hydrogens is 236 g/mol. The van der Waals surface area contributed by atoms with Crippen molar-refractivity contribution >= 4 is 22.6 Å². The van der Waals surface area contributed by atoms with Crippen LogP contribution in [0.1, 0.15) is 12.5 Å². The number of furan rings is 1. The summed E-state index contributed by atoms with van der Waals surface area (Å²) in [6.07, 6.45) is 2.57. The molecule has 17 heavy (non-hydrogen) atoms. The lowest BCUT2D eigenvalue weighted by molar-refractivity contribution is 0.570. The number of benzene rings is 1. The second kappa shape index (κ2) is 3.93. The van der Waals surface area contributed by atoms with Crippen molar-refractivity contribution in [3.63, 3.8) is 0 Å². The first-order valence-electron chi connectivity index (χ1n) is 5.50. The van der Waals surface area contributed by atoms with Crippen LogP contribution in [0.2, 0.25) is 5.22 Å². The van der Waals surface area contributed by atoms with E-state index < -0.39 is 0 Å².